The van der Waals surface area contributed by atoms with Gasteiger partial charge in [-0.2, -0.15) is 5.10 Å². The molecule has 1 N–H and O–H groups in total. The Bertz CT molecular complexity index is 863. The maximum Gasteiger partial charge on any atom is 0.0717 e. The number of aromatic nitrogens is 2. The molecule has 4 nitrogen and oxygen atoms in total. The molecule has 2 aromatic carbocycles. The average Bonchev–Trinajstić information content (AvgIpc) is 3.23. The van der Waals surface area contributed by atoms with Crippen molar-refractivity contribution in [3.8, 4) is 11.1 Å². The minimum atomic E-state index is 0.469. The van der Waals surface area contributed by atoms with Gasteiger partial charge in [-0.1, -0.05) is 54.1 Å². The van der Waals surface area contributed by atoms with Gasteiger partial charge >= 0.3 is 0 Å². The van der Waals surface area contributed by atoms with Crippen molar-refractivity contribution >= 4 is 11.6 Å². The Hall–Kier alpha value is -2.14. The molecule has 0 aliphatic carbocycles. The van der Waals surface area contributed by atoms with Gasteiger partial charge < -0.3 is 9.64 Å². The molecule has 1 fully saturated rings. The molecule has 1 saturated heterocycles. The highest BCUT2D eigenvalue weighted by Gasteiger charge is 2.25. The average molecular weight is 396 g/mol. The molecular weight excluding hydrogens is 370 g/mol. The first kappa shape index (κ1) is 19.2. The number of rotatable bonds is 7. The van der Waals surface area contributed by atoms with Gasteiger partial charge in [0.2, 0.25) is 0 Å². The summed E-state index contributed by atoms with van der Waals surface area (Å²) in [5.41, 5.74) is 4.81. The number of hydrogen-bond acceptors (Lipinski definition) is 3. The van der Waals surface area contributed by atoms with Crippen molar-refractivity contribution in [2.75, 3.05) is 26.2 Å². The number of benzene rings is 2. The van der Waals surface area contributed by atoms with Crippen molar-refractivity contribution in [1.82, 2.24) is 15.1 Å². The lowest BCUT2D eigenvalue weighted by molar-refractivity contribution is 0.0827. The van der Waals surface area contributed by atoms with Crippen LogP contribution in [0.2, 0.25) is 5.02 Å². The fourth-order valence-corrected chi connectivity index (χ4v) is 4.04. The highest BCUT2D eigenvalue weighted by Crippen LogP contribution is 2.33. The monoisotopic (exact) mass is 395 g/mol. The van der Waals surface area contributed by atoms with Gasteiger partial charge in [-0.15, -0.1) is 0 Å². The zero-order chi connectivity index (χ0) is 19.2. The minimum Gasteiger partial charge on any atom is -0.375 e. The summed E-state index contributed by atoms with van der Waals surface area (Å²) >= 11 is 6.04. The van der Waals surface area contributed by atoms with E-state index < -0.39 is 0 Å². The first-order chi connectivity index (χ1) is 13.8. The molecular formula is C23H26ClN3O. The van der Waals surface area contributed by atoms with Gasteiger partial charge in [0.15, 0.2) is 0 Å². The standard InChI is InChI=1S/C23H26ClN3O/c24-21-10-8-19(9-11-21)22-15-25-26-23(22)20-7-4-12-27(16-20)13-14-28-17-18-5-2-1-3-6-18/h1-3,5-6,8-11,15,20H,4,7,12-14,16-17H2,(H,25,26). The number of nitrogens with one attached hydrogen (secondary N) is 1. The van der Waals surface area contributed by atoms with Crippen LogP contribution >= 0.6 is 11.6 Å². The number of halogens is 1. The van der Waals surface area contributed by atoms with Crippen molar-refractivity contribution in [2.24, 2.45) is 0 Å². The van der Waals surface area contributed by atoms with E-state index in [1.165, 1.54) is 29.7 Å². The molecule has 1 aromatic heterocycles. The summed E-state index contributed by atoms with van der Waals surface area (Å²) in [6.45, 7) is 4.58. The summed E-state index contributed by atoms with van der Waals surface area (Å²) in [5.74, 6) is 0.469. The molecule has 3 aromatic rings. The molecule has 1 unspecified atom stereocenters. The van der Waals surface area contributed by atoms with Crippen LogP contribution in [0.25, 0.3) is 11.1 Å². The van der Waals surface area contributed by atoms with E-state index in [0.717, 1.165) is 36.8 Å². The number of ether oxygens (including phenoxy) is 1. The summed E-state index contributed by atoms with van der Waals surface area (Å²) in [4.78, 5) is 2.51. The van der Waals surface area contributed by atoms with Gasteiger partial charge in [-0.3, -0.25) is 5.10 Å². The van der Waals surface area contributed by atoms with E-state index in [2.05, 4.69) is 51.5 Å². The molecule has 1 aliphatic heterocycles. The molecule has 0 saturated carbocycles. The Kier molecular flexibility index (Phi) is 6.42. The summed E-state index contributed by atoms with van der Waals surface area (Å²) in [5, 5.41) is 8.34. The number of piperidine rings is 1. The second-order valence-electron chi connectivity index (χ2n) is 7.38. The van der Waals surface area contributed by atoms with Crippen LogP contribution in [0.4, 0.5) is 0 Å². The van der Waals surface area contributed by atoms with E-state index in [1.807, 2.05) is 24.4 Å². The fraction of sp³-hybridized carbons (Fsp3) is 0.348. The third-order valence-corrected chi connectivity index (χ3v) is 5.65. The normalized spacial score (nSPS) is 17.7. The van der Waals surface area contributed by atoms with Crippen LogP contribution in [0, 0.1) is 0 Å². The largest absolute Gasteiger partial charge is 0.375 e. The van der Waals surface area contributed by atoms with Crippen molar-refractivity contribution < 1.29 is 4.74 Å². The first-order valence-electron chi connectivity index (χ1n) is 9.93. The van der Waals surface area contributed by atoms with Gasteiger partial charge in [0, 0.05) is 35.3 Å². The first-order valence-corrected chi connectivity index (χ1v) is 10.3. The molecule has 2 heterocycles. The number of H-pyrrole nitrogens is 1. The number of likely N-dealkylation sites (tertiary alicyclic amines) is 1. The van der Waals surface area contributed by atoms with E-state index in [4.69, 9.17) is 16.3 Å². The van der Waals surface area contributed by atoms with Crippen LogP contribution in [0.1, 0.15) is 30.0 Å². The van der Waals surface area contributed by atoms with E-state index in [-0.39, 0.29) is 0 Å². The molecule has 28 heavy (non-hydrogen) atoms. The summed E-state index contributed by atoms with van der Waals surface area (Å²) in [7, 11) is 0. The predicted molar refractivity (Wildman–Crippen MR) is 114 cm³/mol. The topological polar surface area (TPSA) is 41.2 Å². The molecule has 5 heteroatoms. The molecule has 0 amide bonds. The van der Waals surface area contributed by atoms with Crippen LogP contribution in [-0.4, -0.2) is 41.3 Å². The molecule has 1 aliphatic rings. The zero-order valence-electron chi connectivity index (χ0n) is 16.0. The van der Waals surface area contributed by atoms with Crippen LogP contribution in [-0.2, 0) is 11.3 Å². The second kappa shape index (κ2) is 9.37. The van der Waals surface area contributed by atoms with Crippen LogP contribution in [0.5, 0.6) is 0 Å². The highest BCUT2D eigenvalue weighted by molar-refractivity contribution is 6.30. The third kappa shape index (κ3) is 4.82. The van der Waals surface area contributed by atoms with E-state index in [0.29, 0.717) is 12.5 Å². The molecule has 146 valence electrons. The highest BCUT2D eigenvalue weighted by atomic mass is 35.5. The van der Waals surface area contributed by atoms with Crippen molar-refractivity contribution in [2.45, 2.75) is 25.4 Å². The van der Waals surface area contributed by atoms with Gasteiger partial charge in [0.25, 0.3) is 0 Å². The van der Waals surface area contributed by atoms with Crippen LogP contribution in [0.15, 0.2) is 60.8 Å². The van der Waals surface area contributed by atoms with Gasteiger partial charge in [-0.05, 0) is 42.6 Å². The molecule has 0 radical (unpaired) electrons. The zero-order valence-corrected chi connectivity index (χ0v) is 16.7. The molecule has 4 rings (SSSR count). The lowest BCUT2D eigenvalue weighted by atomic mass is 9.90. The lowest BCUT2D eigenvalue weighted by Crippen LogP contribution is -2.36. The van der Waals surface area contributed by atoms with Gasteiger partial charge in [-0.25, -0.2) is 0 Å². The Morgan fingerprint density at radius 2 is 1.93 bits per heavy atom. The quantitative estimate of drug-likeness (QED) is 0.564. The van der Waals surface area contributed by atoms with Gasteiger partial charge in [0.1, 0.15) is 0 Å². The van der Waals surface area contributed by atoms with Gasteiger partial charge in [0.05, 0.1) is 19.4 Å². The Balaban J connectivity index is 1.33. The number of hydrogen-bond donors (Lipinski definition) is 1. The number of aromatic amines is 1. The predicted octanol–water partition coefficient (Wildman–Crippen LogP) is 5.13. The molecule has 0 bridgehead atoms. The SMILES string of the molecule is Clc1ccc(-c2cn[nH]c2C2CCCN(CCOCc3ccccc3)C2)cc1. The fourth-order valence-electron chi connectivity index (χ4n) is 3.92. The lowest BCUT2D eigenvalue weighted by Gasteiger charge is -2.32. The smallest absolute Gasteiger partial charge is 0.0717 e. The van der Waals surface area contributed by atoms with Crippen molar-refractivity contribution in [1.29, 1.82) is 0 Å². The third-order valence-electron chi connectivity index (χ3n) is 5.40. The Morgan fingerprint density at radius 3 is 2.75 bits per heavy atom. The van der Waals surface area contributed by atoms with Crippen LogP contribution in [0.3, 0.4) is 0 Å². The van der Waals surface area contributed by atoms with E-state index >= 15 is 0 Å². The Morgan fingerprint density at radius 1 is 1.11 bits per heavy atom. The van der Waals surface area contributed by atoms with Crippen LogP contribution < -0.4 is 0 Å². The maximum atomic E-state index is 6.04. The minimum absolute atomic E-state index is 0.469. The van der Waals surface area contributed by atoms with Crippen molar-refractivity contribution in [3.05, 3.63) is 77.1 Å². The second-order valence-corrected chi connectivity index (χ2v) is 7.82. The maximum absolute atomic E-state index is 6.04. The molecule has 0 spiro atoms. The van der Waals surface area contributed by atoms with E-state index in [9.17, 15) is 0 Å². The van der Waals surface area contributed by atoms with E-state index in [1.54, 1.807) is 0 Å². The summed E-state index contributed by atoms with van der Waals surface area (Å²) in [6.07, 6.45) is 4.31. The summed E-state index contributed by atoms with van der Waals surface area (Å²) in [6, 6.07) is 18.3. The Labute approximate surface area is 171 Å². The number of nitrogens with zero attached hydrogens (tertiary/aromatic N) is 2. The summed E-state index contributed by atoms with van der Waals surface area (Å²) < 4.78 is 5.88. The molecule has 1 atom stereocenters. The van der Waals surface area contributed by atoms with Crippen molar-refractivity contribution in [3.63, 3.8) is 0 Å².